The second-order valence-corrected chi connectivity index (χ2v) is 5.27. The predicted molar refractivity (Wildman–Crippen MR) is 77.5 cm³/mol. The summed E-state index contributed by atoms with van der Waals surface area (Å²) in [4.78, 5) is 4.54. The maximum Gasteiger partial charge on any atom is 0.111 e. The average Bonchev–Trinajstić information content (AvgIpc) is 2.56. The highest BCUT2D eigenvalue weighted by atomic mass is 16.3. The number of aliphatic hydroxyl groups is 1. The van der Waals surface area contributed by atoms with Gasteiger partial charge in [0, 0.05) is 25.6 Å². The first-order valence-electron chi connectivity index (χ1n) is 6.70. The fourth-order valence-corrected chi connectivity index (χ4v) is 2.67. The van der Waals surface area contributed by atoms with Crippen molar-refractivity contribution in [3.05, 3.63) is 52.1 Å². The van der Waals surface area contributed by atoms with E-state index in [1.54, 1.807) is 0 Å². The molecule has 3 nitrogen and oxygen atoms in total. The van der Waals surface area contributed by atoms with E-state index in [0.717, 1.165) is 17.9 Å². The van der Waals surface area contributed by atoms with Crippen molar-refractivity contribution in [1.29, 1.82) is 0 Å². The fraction of sp³-hybridized carbons (Fsp3) is 0.438. The fourth-order valence-electron chi connectivity index (χ4n) is 2.67. The van der Waals surface area contributed by atoms with E-state index in [2.05, 4.69) is 41.6 Å². The summed E-state index contributed by atoms with van der Waals surface area (Å²) < 4.78 is 2.11. The third-order valence-corrected chi connectivity index (χ3v) is 3.49. The number of hydrogen-bond acceptors (Lipinski definition) is 2. The molecular formula is C16H22N2O. The summed E-state index contributed by atoms with van der Waals surface area (Å²) in [5.74, 6) is 0.958. The molecule has 0 bridgehead atoms. The lowest BCUT2D eigenvalue weighted by Crippen LogP contribution is -2.05. The van der Waals surface area contributed by atoms with Crippen LogP contribution in [0.1, 0.15) is 33.9 Å². The van der Waals surface area contributed by atoms with Crippen LogP contribution in [0.4, 0.5) is 0 Å². The highest BCUT2D eigenvalue weighted by molar-refractivity contribution is 5.32. The predicted octanol–water partition coefficient (Wildman–Crippen LogP) is 2.47. The first-order chi connectivity index (χ1) is 9.01. The molecule has 1 heterocycles. The highest BCUT2D eigenvalue weighted by Crippen LogP contribution is 2.17. The Morgan fingerprint density at radius 2 is 1.74 bits per heavy atom. The van der Waals surface area contributed by atoms with Crippen molar-refractivity contribution < 1.29 is 5.11 Å². The molecule has 0 aliphatic rings. The Morgan fingerprint density at radius 3 is 2.32 bits per heavy atom. The van der Waals surface area contributed by atoms with E-state index >= 15 is 0 Å². The molecule has 0 fully saturated rings. The van der Waals surface area contributed by atoms with Crippen molar-refractivity contribution in [3.63, 3.8) is 0 Å². The molecule has 102 valence electrons. The number of aliphatic hydroxyl groups excluding tert-OH is 1. The maximum absolute atomic E-state index is 9.05. The minimum atomic E-state index is 0.146. The van der Waals surface area contributed by atoms with Gasteiger partial charge in [-0.3, -0.25) is 0 Å². The monoisotopic (exact) mass is 258 g/mol. The number of nitrogens with zero attached hydrogens (tertiary/aromatic N) is 2. The summed E-state index contributed by atoms with van der Waals surface area (Å²) in [6.07, 6.45) is 1.51. The molecule has 0 aliphatic carbocycles. The van der Waals surface area contributed by atoms with Crippen LogP contribution in [0.3, 0.4) is 0 Å². The zero-order valence-electron chi connectivity index (χ0n) is 12.2. The quantitative estimate of drug-likeness (QED) is 0.915. The molecule has 1 aromatic carbocycles. The summed E-state index contributed by atoms with van der Waals surface area (Å²) in [7, 11) is 2.03. The number of rotatable bonds is 4. The Morgan fingerprint density at radius 1 is 1.11 bits per heavy atom. The van der Waals surface area contributed by atoms with Crippen LogP contribution in [0.25, 0.3) is 0 Å². The van der Waals surface area contributed by atoms with Crippen LogP contribution in [0.15, 0.2) is 18.2 Å². The largest absolute Gasteiger partial charge is 0.396 e. The van der Waals surface area contributed by atoms with Gasteiger partial charge in [-0.25, -0.2) is 4.98 Å². The van der Waals surface area contributed by atoms with E-state index in [4.69, 9.17) is 5.11 Å². The Labute approximate surface area is 114 Å². The molecule has 1 N–H and O–H groups in total. The van der Waals surface area contributed by atoms with Crippen LogP contribution >= 0.6 is 0 Å². The van der Waals surface area contributed by atoms with E-state index in [0.29, 0.717) is 6.42 Å². The molecule has 2 aromatic rings. The molecule has 2 rings (SSSR count). The molecule has 19 heavy (non-hydrogen) atoms. The molecule has 0 saturated carbocycles. The van der Waals surface area contributed by atoms with Gasteiger partial charge in [-0.1, -0.05) is 29.3 Å². The highest BCUT2D eigenvalue weighted by Gasteiger charge is 2.11. The van der Waals surface area contributed by atoms with Crippen molar-refractivity contribution in [2.45, 2.75) is 33.6 Å². The Hall–Kier alpha value is -1.61. The number of aromatic nitrogens is 2. The van der Waals surface area contributed by atoms with Gasteiger partial charge in [-0.2, -0.15) is 0 Å². The smallest absolute Gasteiger partial charge is 0.111 e. The van der Waals surface area contributed by atoms with E-state index in [1.165, 1.54) is 22.4 Å². The van der Waals surface area contributed by atoms with Gasteiger partial charge >= 0.3 is 0 Å². The molecular weight excluding hydrogens is 236 g/mol. The second-order valence-electron chi connectivity index (χ2n) is 5.27. The molecule has 0 unspecified atom stereocenters. The van der Waals surface area contributed by atoms with Crippen LogP contribution < -0.4 is 0 Å². The molecule has 1 aromatic heterocycles. The molecule has 3 heteroatoms. The normalized spacial score (nSPS) is 11.0. The van der Waals surface area contributed by atoms with E-state index < -0.39 is 0 Å². The minimum Gasteiger partial charge on any atom is -0.396 e. The molecule has 0 spiro atoms. The van der Waals surface area contributed by atoms with Crippen LogP contribution in [-0.4, -0.2) is 21.3 Å². The first kappa shape index (κ1) is 13.8. The lowest BCUT2D eigenvalue weighted by molar-refractivity contribution is 0.295. The molecule has 0 aliphatic heterocycles. The zero-order valence-corrected chi connectivity index (χ0v) is 12.2. The second kappa shape index (κ2) is 5.57. The van der Waals surface area contributed by atoms with Crippen molar-refractivity contribution in [1.82, 2.24) is 9.55 Å². The van der Waals surface area contributed by atoms with Crippen molar-refractivity contribution in [3.8, 4) is 0 Å². The average molecular weight is 258 g/mol. The van der Waals surface area contributed by atoms with Crippen LogP contribution in [0.5, 0.6) is 0 Å². The van der Waals surface area contributed by atoms with Gasteiger partial charge in [0.1, 0.15) is 5.82 Å². The summed E-state index contributed by atoms with van der Waals surface area (Å²) >= 11 is 0. The minimum absolute atomic E-state index is 0.146. The summed E-state index contributed by atoms with van der Waals surface area (Å²) in [6.45, 7) is 6.44. The molecule has 0 saturated heterocycles. The number of benzene rings is 1. The van der Waals surface area contributed by atoms with Gasteiger partial charge in [-0.05, 0) is 26.3 Å². The lowest BCUT2D eigenvalue weighted by Gasteiger charge is -2.08. The molecule has 0 atom stereocenters. The maximum atomic E-state index is 9.05. The SMILES string of the molecule is Cc1cc(C)cc(Cc2c(C)nc(CCO)n2C)c1. The number of hydrogen-bond donors (Lipinski definition) is 1. The van der Waals surface area contributed by atoms with Crippen molar-refractivity contribution in [2.75, 3.05) is 6.61 Å². The van der Waals surface area contributed by atoms with Gasteiger partial charge in [-0.15, -0.1) is 0 Å². The Bertz CT molecular complexity index is 564. The Kier molecular flexibility index (Phi) is 4.05. The van der Waals surface area contributed by atoms with Crippen LogP contribution in [-0.2, 0) is 19.9 Å². The van der Waals surface area contributed by atoms with Gasteiger partial charge in [0.2, 0.25) is 0 Å². The van der Waals surface area contributed by atoms with E-state index in [1.807, 2.05) is 14.0 Å². The van der Waals surface area contributed by atoms with Crippen LogP contribution in [0, 0.1) is 20.8 Å². The third-order valence-electron chi connectivity index (χ3n) is 3.49. The van der Waals surface area contributed by atoms with Crippen LogP contribution in [0.2, 0.25) is 0 Å². The Balaban J connectivity index is 2.32. The van der Waals surface area contributed by atoms with E-state index in [-0.39, 0.29) is 6.61 Å². The van der Waals surface area contributed by atoms with Gasteiger partial charge in [0.15, 0.2) is 0 Å². The van der Waals surface area contributed by atoms with Crippen molar-refractivity contribution in [2.24, 2.45) is 7.05 Å². The van der Waals surface area contributed by atoms with Crippen molar-refractivity contribution >= 4 is 0 Å². The zero-order chi connectivity index (χ0) is 14.0. The topological polar surface area (TPSA) is 38.1 Å². The van der Waals surface area contributed by atoms with E-state index in [9.17, 15) is 0 Å². The van der Waals surface area contributed by atoms with Gasteiger partial charge < -0.3 is 9.67 Å². The molecule has 0 amide bonds. The lowest BCUT2D eigenvalue weighted by atomic mass is 10.0. The third kappa shape index (κ3) is 3.04. The number of imidazole rings is 1. The van der Waals surface area contributed by atoms with Gasteiger partial charge in [0.05, 0.1) is 12.3 Å². The molecule has 0 radical (unpaired) electrons. The standard InChI is InChI=1S/C16H22N2O/c1-11-7-12(2)9-14(8-11)10-15-13(3)17-16(5-6-19)18(15)4/h7-9,19H,5-6,10H2,1-4H3. The summed E-state index contributed by atoms with van der Waals surface area (Å²) in [6, 6.07) is 6.65. The first-order valence-corrected chi connectivity index (χ1v) is 6.70. The number of aryl methyl sites for hydroxylation is 3. The summed E-state index contributed by atoms with van der Waals surface area (Å²) in [5.41, 5.74) is 6.20. The summed E-state index contributed by atoms with van der Waals surface area (Å²) in [5, 5.41) is 9.05. The van der Waals surface area contributed by atoms with Gasteiger partial charge in [0.25, 0.3) is 0 Å².